The zero-order chi connectivity index (χ0) is 12.2. The van der Waals surface area contributed by atoms with Gasteiger partial charge in [-0.2, -0.15) is 0 Å². The van der Waals surface area contributed by atoms with Crippen molar-refractivity contribution in [3.63, 3.8) is 0 Å². The van der Waals surface area contributed by atoms with E-state index in [1.54, 1.807) is 0 Å². The molecule has 0 saturated carbocycles. The molecule has 0 saturated heterocycles. The Morgan fingerprint density at radius 1 is 1.19 bits per heavy atom. The van der Waals surface area contributed by atoms with E-state index in [1.807, 2.05) is 32.0 Å². The van der Waals surface area contributed by atoms with Crippen LogP contribution in [0.2, 0.25) is 0 Å². The maximum absolute atomic E-state index is 4.82. The van der Waals surface area contributed by atoms with Gasteiger partial charge in [-0.15, -0.1) is 0 Å². The zero-order valence-corrected chi connectivity index (χ0v) is 10.7. The SMILES string of the molecule is CC.COOCC(C)NCc1ccccc1. The minimum Gasteiger partial charge on any atom is -0.308 e. The summed E-state index contributed by atoms with van der Waals surface area (Å²) in [5.41, 5.74) is 1.27. The third-order valence-corrected chi connectivity index (χ3v) is 1.93. The van der Waals surface area contributed by atoms with E-state index in [0.29, 0.717) is 6.61 Å². The molecule has 3 heteroatoms. The molecule has 1 aromatic rings. The predicted molar refractivity (Wildman–Crippen MR) is 67.1 cm³/mol. The molecule has 0 bridgehead atoms. The monoisotopic (exact) mass is 225 g/mol. The lowest BCUT2D eigenvalue weighted by Gasteiger charge is -2.12. The number of rotatable bonds is 6. The Labute approximate surface area is 98.7 Å². The summed E-state index contributed by atoms with van der Waals surface area (Å²) in [4.78, 5) is 9.35. The Morgan fingerprint density at radius 2 is 1.81 bits per heavy atom. The summed E-state index contributed by atoms with van der Waals surface area (Å²) >= 11 is 0. The summed E-state index contributed by atoms with van der Waals surface area (Å²) in [7, 11) is 1.52. The number of hydrogen-bond acceptors (Lipinski definition) is 3. The van der Waals surface area contributed by atoms with Crippen molar-refractivity contribution in [3.8, 4) is 0 Å². The van der Waals surface area contributed by atoms with Gasteiger partial charge >= 0.3 is 0 Å². The molecular weight excluding hydrogens is 202 g/mol. The smallest absolute Gasteiger partial charge is 0.0972 e. The standard InChI is InChI=1S/C11H17NO2.C2H6/c1-10(9-14-13-2)12-8-11-6-4-3-5-7-11;1-2/h3-7,10,12H,8-9H2,1-2H3;1-2H3. The molecule has 1 rings (SSSR count). The van der Waals surface area contributed by atoms with E-state index in [1.165, 1.54) is 12.7 Å². The van der Waals surface area contributed by atoms with Crippen LogP contribution >= 0.6 is 0 Å². The second kappa shape index (κ2) is 10.6. The zero-order valence-electron chi connectivity index (χ0n) is 10.7. The molecule has 92 valence electrons. The van der Waals surface area contributed by atoms with Crippen molar-refractivity contribution < 1.29 is 9.78 Å². The van der Waals surface area contributed by atoms with Gasteiger partial charge in [-0.1, -0.05) is 44.2 Å². The molecule has 0 aliphatic rings. The molecular formula is C13H23NO2. The minimum atomic E-state index is 0.287. The maximum atomic E-state index is 4.82. The highest BCUT2D eigenvalue weighted by molar-refractivity contribution is 5.14. The van der Waals surface area contributed by atoms with Gasteiger partial charge in [-0.05, 0) is 12.5 Å². The van der Waals surface area contributed by atoms with E-state index in [0.717, 1.165) is 6.54 Å². The van der Waals surface area contributed by atoms with E-state index in [2.05, 4.69) is 29.3 Å². The Balaban J connectivity index is 0.00000106. The quantitative estimate of drug-likeness (QED) is 0.596. The predicted octanol–water partition coefficient (Wildman–Crippen LogP) is 2.77. The summed E-state index contributed by atoms with van der Waals surface area (Å²) in [6.07, 6.45) is 0. The molecule has 0 aromatic heterocycles. The first kappa shape index (κ1) is 15.1. The second-order valence-corrected chi connectivity index (χ2v) is 3.22. The Hall–Kier alpha value is -0.900. The molecule has 3 nitrogen and oxygen atoms in total. The fourth-order valence-corrected chi connectivity index (χ4v) is 1.12. The lowest BCUT2D eigenvalue weighted by Crippen LogP contribution is -2.29. The van der Waals surface area contributed by atoms with Crippen molar-refractivity contribution in [1.29, 1.82) is 0 Å². The summed E-state index contributed by atoms with van der Waals surface area (Å²) in [5, 5.41) is 3.33. The molecule has 1 unspecified atom stereocenters. The fraction of sp³-hybridized carbons (Fsp3) is 0.538. The van der Waals surface area contributed by atoms with Crippen LogP contribution in [0.15, 0.2) is 30.3 Å². The van der Waals surface area contributed by atoms with Gasteiger partial charge in [-0.3, -0.25) is 0 Å². The van der Waals surface area contributed by atoms with Crippen LogP contribution in [-0.4, -0.2) is 19.8 Å². The first-order valence-electron chi connectivity index (χ1n) is 5.76. The third kappa shape index (κ3) is 7.40. The van der Waals surface area contributed by atoms with Gasteiger partial charge in [0, 0.05) is 12.6 Å². The maximum Gasteiger partial charge on any atom is 0.0972 e. The molecule has 1 atom stereocenters. The van der Waals surface area contributed by atoms with Crippen molar-refractivity contribution in [3.05, 3.63) is 35.9 Å². The van der Waals surface area contributed by atoms with Crippen LogP contribution in [0.3, 0.4) is 0 Å². The average Bonchev–Trinajstić information content (AvgIpc) is 2.37. The molecule has 0 aliphatic carbocycles. The molecule has 1 aromatic carbocycles. The van der Waals surface area contributed by atoms with Crippen molar-refractivity contribution in [2.75, 3.05) is 13.7 Å². The molecule has 16 heavy (non-hydrogen) atoms. The molecule has 1 N–H and O–H groups in total. The minimum absolute atomic E-state index is 0.287. The van der Waals surface area contributed by atoms with E-state index in [9.17, 15) is 0 Å². The largest absolute Gasteiger partial charge is 0.308 e. The number of nitrogens with one attached hydrogen (secondary N) is 1. The summed E-state index contributed by atoms with van der Waals surface area (Å²) in [6, 6.07) is 10.6. The van der Waals surface area contributed by atoms with Gasteiger partial charge < -0.3 is 5.32 Å². The van der Waals surface area contributed by atoms with Crippen LogP contribution in [0.25, 0.3) is 0 Å². The van der Waals surface area contributed by atoms with Crippen LogP contribution in [0.4, 0.5) is 0 Å². The van der Waals surface area contributed by atoms with Crippen molar-refractivity contribution in [1.82, 2.24) is 5.32 Å². The highest BCUT2D eigenvalue weighted by Gasteiger charge is 2.00. The first-order chi connectivity index (χ1) is 7.83. The molecule has 0 radical (unpaired) electrons. The van der Waals surface area contributed by atoms with Crippen molar-refractivity contribution in [2.45, 2.75) is 33.4 Å². The molecule has 0 amide bonds. The van der Waals surface area contributed by atoms with Crippen LogP contribution in [0.5, 0.6) is 0 Å². The van der Waals surface area contributed by atoms with E-state index < -0.39 is 0 Å². The average molecular weight is 225 g/mol. The van der Waals surface area contributed by atoms with Gasteiger partial charge in [0.1, 0.15) is 0 Å². The van der Waals surface area contributed by atoms with Crippen LogP contribution < -0.4 is 5.32 Å². The van der Waals surface area contributed by atoms with Gasteiger partial charge in [0.15, 0.2) is 0 Å². The normalized spacial score (nSPS) is 11.5. The van der Waals surface area contributed by atoms with Crippen LogP contribution in [0, 0.1) is 0 Å². The van der Waals surface area contributed by atoms with Gasteiger partial charge in [0.25, 0.3) is 0 Å². The Morgan fingerprint density at radius 3 is 2.38 bits per heavy atom. The highest BCUT2D eigenvalue weighted by Crippen LogP contribution is 1.98. The first-order valence-corrected chi connectivity index (χ1v) is 5.76. The lowest BCUT2D eigenvalue weighted by molar-refractivity contribution is -0.275. The lowest BCUT2D eigenvalue weighted by atomic mass is 10.2. The van der Waals surface area contributed by atoms with E-state index in [4.69, 9.17) is 4.89 Å². The summed E-state index contributed by atoms with van der Waals surface area (Å²) < 4.78 is 0. The summed E-state index contributed by atoms with van der Waals surface area (Å²) in [6.45, 7) is 7.47. The topological polar surface area (TPSA) is 30.5 Å². The van der Waals surface area contributed by atoms with Crippen LogP contribution in [0.1, 0.15) is 26.3 Å². The molecule has 0 fully saturated rings. The van der Waals surface area contributed by atoms with Gasteiger partial charge in [0.2, 0.25) is 0 Å². The third-order valence-electron chi connectivity index (χ3n) is 1.93. The Kier molecular flexibility index (Phi) is 10.0. The molecule has 0 spiro atoms. The molecule has 0 aliphatic heterocycles. The van der Waals surface area contributed by atoms with Crippen LogP contribution in [-0.2, 0) is 16.3 Å². The van der Waals surface area contributed by atoms with Gasteiger partial charge in [0.05, 0.1) is 13.7 Å². The summed E-state index contributed by atoms with van der Waals surface area (Å²) in [5.74, 6) is 0. The van der Waals surface area contributed by atoms with Crippen molar-refractivity contribution in [2.24, 2.45) is 0 Å². The van der Waals surface area contributed by atoms with Gasteiger partial charge in [-0.25, -0.2) is 9.78 Å². The molecule has 0 heterocycles. The fourth-order valence-electron chi connectivity index (χ4n) is 1.12. The highest BCUT2D eigenvalue weighted by atomic mass is 17.2. The van der Waals surface area contributed by atoms with E-state index >= 15 is 0 Å². The second-order valence-electron chi connectivity index (χ2n) is 3.22. The van der Waals surface area contributed by atoms with Crippen molar-refractivity contribution >= 4 is 0 Å². The number of benzene rings is 1. The Bertz CT molecular complexity index is 239. The number of hydrogen-bond donors (Lipinski definition) is 1. The van der Waals surface area contributed by atoms with E-state index in [-0.39, 0.29) is 6.04 Å².